The number of fused-ring (bicyclic) bond motifs is 1. The van der Waals surface area contributed by atoms with Gasteiger partial charge in [0.1, 0.15) is 5.82 Å². The van der Waals surface area contributed by atoms with Gasteiger partial charge in [0.25, 0.3) is 5.91 Å². The lowest BCUT2D eigenvalue weighted by Gasteiger charge is -2.18. The average molecular weight is 413 g/mol. The zero-order valence-electron chi connectivity index (χ0n) is 18.6. The third-order valence-corrected chi connectivity index (χ3v) is 6.15. The van der Waals surface area contributed by atoms with Crippen molar-refractivity contribution in [2.75, 3.05) is 6.54 Å². The topological polar surface area (TPSA) is 59.8 Å². The number of aromatic nitrogens is 3. The number of carbonyl (C=O) groups excluding carboxylic acids is 1. The lowest BCUT2D eigenvalue weighted by molar-refractivity contribution is 0.0954. The predicted octanol–water partition coefficient (Wildman–Crippen LogP) is 4.69. The van der Waals surface area contributed by atoms with Gasteiger partial charge < -0.3 is 9.88 Å². The van der Waals surface area contributed by atoms with Gasteiger partial charge in [-0.3, -0.25) is 9.78 Å². The van der Waals surface area contributed by atoms with Crippen LogP contribution in [-0.4, -0.2) is 27.0 Å². The smallest absolute Gasteiger partial charge is 0.251 e. The van der Waals surface area contributed by atoms with E-state index >= 15 is 0 Å². The van der Waals surface area contributed by atoms with Gasteiger partial charge in [-0.25, -0.2) is 4.98 Å². The maximum Gasteiger partial charge on any atom is 0.251 e. The molecule has 4 aromatic rings. The number of para-hydroxylation sites is 2. The van der Waals surface area contributed by atoms with Crippen molar-refractivity contribution >= 4 is 16.9 Å². The Labute approximate surface area is 183 Å². The van der Waals surface area contributed by atoms with Crippen LogP contribution in [0.2, 0.25) is 0 Å². The Balaban J connectivity index is 1.62. The molecule has 0 saturated heterocycles. The van der Waals surface area contributed by atoms with Gasteiger partial charge in [-0.2, -0.15) is 0 Å². The highest BCUT2D eigenvalue weighted by molar-refractivity contribution is 5.93. The molecule has 0 saturated carbocycles. The van der Waals surface area contributed by atoms with Gasteiger partial charge in [0.05, 0.1) is 11.0 Å². The van der Waals surface area contributed by atoms with Crippen LogP contribution in [0.5, 0.6) is 0 Å². The Hall–Kier alpha value is -3.47. The first-order valence-electron chi connectivity index (χ1n) is 10.6. The fourth-order valence-corrected chi connectivity index (χ4v) is 4.08. The van der Waals surface area contributed by atoms with Gasteiger partial charge in [-0.15, -0.1) is 0 Å². The third kappa shape index (κ3) is 4.22. The number of hydrogen-bond donors (Lipinski definition) is 1. The molecule has 2 aromatic heterocycles. The summed E-state index contributed by atoms with van der Waals surface area (Å²) in [6.45, 7) is 10.0. The van der Waals surface area contributed by atoms with Crippen LogP contribution in [0.15, 0.2) is 54.9 Å². The Morgan fingerprint density at radius 3 is 2.35 bits per heavy atom. The summed E-state index contributed by atoms with van der Waals surface area (Å²) in [7, 11) is 0. The molecule has 5 nitrogen and oxygen atoms in total. The Morgan fingerprint density at radius 1 is 0.968 bits per heavy atom. The molecule has 0 fully saturated rings. The highest BCUT2D eigenvalue weighted by Gasteiger charge is 2.15. The van der Waals surface area contributed by atoms with Crippen molar-refractivity contribution in [3.8, 4) is 0 Å². The van der Waals surface area contributed by atoms with E-state index in [1.165, 1.54) is 27.8 Å². The van der Waals surface area contributed by atoms with Crippen LogP contribution < -0.4 is 5.32 Å². The summed E-state index contributed by atoms with van der Waals surface area (Å²) in [6, 6.07) is 13.9. The molecule has 0 atom stereocenters. The summed E-state index contributed by atoms with van der Waals surface area (Å²) in [4.78, 5) is 21.2. The molecule has 0 spiro atoms. The van der Waals surface area contributed by atoms with Crippen LogP contribution in [0.1, 0.15) is 44.0 Å². The molecule has 0 aliphatic rings. The first-order chi connectivity index (χ1) is 15.0. The van der Waals surface area contributed by atoms with Gasteiger partial charge in [-0.05, 0) is 79.8 Å². The van der Waals surface area contributed by atoms with Gasteiger partial charge in [0, 0.05) is 37.5 Å². The largest absolute Gasteiger partial charge is 0.352 e. The Bertz CT molecular complexity index is 1220. The number of rotatable bonds is 6. The van der Waals surface area contributed by atoms with E-state index in [1.807, 2.05) is 12.1 Å². The molecule has 1 N–H and O–H groups in total. The lowest BCUT2D eigenvalue weighted by atomic mass is 9.94. The minimum Gasteiger partial charge on any atom is -0.352 e. The highest BCUT2D eigenvalue weighted by Crippen LogP contribution is 2.25. The third-order valence-electron chi connectivity index (χ3n) is 6.15. The van der Waals surface area contributed by atoms with Crippen molar-refractivity contribution in [3.05, 3.63) is 94.1 Å². The second kappa shape index (κ2) is 8.72. The van der Waals surface area contributed by atoms with E-state index in [-0.39, 0.29) is 5.91 Å². The summed E-state index contributed by atoms with van der Waals surface area (Å²) < 4.78 is 2.29. The number of pyridine rings is 1. The number of amides is 1. The zero-order valence-corrected chi connectivity index (χ0v) is 18.6. The fraction of sp³-hybridized carbons (Fsp3) is 0.269. The maximum atomic E-state index is 12.4. The summed E-state index contributed by atoms with van der Waals surface area (Å²) in [5, 5.41) is 3.00. The van der Waals surface area contributed by atoms with Gasteiger partial charge >= 0.3 is 0 Å². The number of carbonyl (C=O) groups is 1. The average Bonchev–Trinajstić information content (AvgIpc) is 3.13. The highest BCUT2D eigenvalue weighted by atomic mass is 16.1. The van der Waals surface area contributed by atoms with Crippen LogP contribution in [0.3, 0.4) is 0 Å². The summed E-state index contributed by atoms with van der Waals surface area (Å²) >= 11 is 0. The lowest BCUT2D eigenvalue weighted by Crippen LogP contribution is -2.26. The van der Waals surface area contributed by atoms with Crippen molar-refractivity contribution in [3.63, 3.8) is 0 Å². The van der Waals surface area contributed by atoms with E-state index < -0.39 is 0 Å². The molecule has 0 aliphatic carbocycles. The molecule has 5 heteroatoms. The molecule has 4 rings (SSSR count). The van der Waals surface area contributed by atoms with Crippen molar-refractivity contribution in [2.45, 2.75) is 40.7 Å². The molecule has 158 valence electrons. The minimum atomic E-state index is -0.0916. The zero-order chi connectivity index (χ0) is 22.0. The van der Waals surface area contributed by atoms with Gasteiger partial charge in [0.2, 0.25) is 0 Å². The van der Waals surface area contributed by atoms with Crippen LogP contribution in [0, 0.1) is 27.7 Å². The summed E-state index contributed by atoms with van der Waals surface area (Å²) in [6.07, 6.45) is 3.92. The van der Waals surface area contributed by atoms with Crippen molar-refractivity contribution < 1.29 is 4.79 Å². The summed E-state index contributed by atoms with van der Waals surface area (Å²) in [5.74, 6) is 0.889. The van der Waals surface area contributed by atoms with Crippen LogP contribution in [0.25, 0.3) is 11.0 Å². The minimum absolute atomic E-state index is 0.0916. The molecular formula is C26H28N4O. The number of nitrogens with zero attached hydrogens (tertiary/aromatic N) is 3. The first kappa shape index (κ1) is 20.8. The molecule has 2 heterocycles. The van der Waals surface area contributed by atoms with E-state index in [0.717, 1.165) is 23.4 Å². The van der Waals surface area contributed by atoms with Crippen molar-refractivity contribution in [1.82, 2.24) is 19.9 Å². The molecule has 2 aromatic carbocycles. The number of hydrogen-bond acceptors (Lipinski definition) is 3. The second-order valence-electron chi connectivity index (χ2n) is 8.08. The standard InChI is InChI=1S/C26H28N4O/c1-17-15-18(2)20(4)22(19(17)3)16-30-24-8-6-5-7-23(24)29-25(30)11-14-28-26(31)21-9-12-27-13-10-21/h5-10,12-13,15H,11,14,16H2,1-4H3,(H,28,31). The number of aryl methyl sites for hydroxylation is 2. The normalized spacial score (nSPS) is 11.1. The number of benzene rings is 2. The van der Waals surface area contributed by atoms with Gasteiger partial charge in [0.15, 0.2) is 0 Å². The SMILES string of the molecule is Cc1cc(C)c(C)c(Cn2c(CCNC(=O)c3ccncc3)nc3ccccc32)c1C. The van der Waals surface area contributed by atoms with E-state index in [1.54, 1.807) is 24.5 Å². The number of imidazole rings is 1. The Morgan fingerprint density at radius 2 is 1.65 bits per heavy atom. The van der Waals surface area contributed by atoms with Crippen molar-refractivity contribution in [2.24, 2.45) is 0 Å². The monoisotopic (exact) mass is 412 g/mol. The maximum absolute atomic E-state index is 12.4. The molecular weight excluding hydrogens is 384 g/mol. The second-order valence-corrected chi connectivity index (χ2v) is 8.08. The fourth-order valence-electron chi connectivity index (χ4n) is 4.08. The molecule has 0 radical (unpaired) electrons. The Kier molecular flexibility index (Phi) is 5.85. The van der Waals surface area contributed by atoms with E-state index in [2.05, 4.69) is 60.8 Å². The molecule has 1 amide bonds. The van der Waals surface area contributed by atoms with Crippen LogP contribution in [-0.2, 0) is 13.0 Å². The van der Waals surface area contributed by atoms with Crippen molar-refractivity contribution in [1.29, 1.82) is 0 Å². The van der Waals surface area contributed by atoms with Gasteiger partial charge in [-0.1, -0.05) is 18.2 Å². The molecule has 31 heavy (non-hydrogen) atoms. The quantitative estimate of drug-likeness (QED) is 0.500. The van der Waals surface area contributed by atoms with E-state index in [0.29, 0.717) is 18.5 Å². The van der Waals surface area contributed by atoms with Crippen LogP contribution in [0.4, 0.5) is 0 Å². The van der Waals surface area contributed by atoms with Crippen LogP contribution >= 0.6 is 0 Å². The predicted molar refractivity (Wildman–Crippen MR) is 124 cm³/mol. The summed E-state index contributed by atoms with van der Waals surface area (Å²) in [5.41, 5.74) is 9.36. The molecule has 0 unspecified atom stereocenters. The van der Waals surface area contributed by atoms with E-state index in [4.69, 9.17) is 4.98 Å². The molecule has 0 aliphatic heterocycles. The first-order valence-corrected chi connectivity index (χ1v) is 10.6. The molecule has 0 bridgehead atoms. The number of nitrogens with one attached hydrogen (secondary N) is 1. The van der Waals surface area contributed by atoms with E-state index in [9.17, 15) is 4.79 Å².